The molecule has 0 aromatic heterocycles. The van der Waals surface area contributed by atoms with Crippen molar-refractivity contribution in [3.8, 4) is 0 Å². The molecule has 0 spiro atoms. The Morgan fingerprint density at radius 2 is 1.94 bits per heavy atom. The van der Waals surface area contributed by atoms with Gasteiger partial charge in [0.05, 0.1) is 12.7 Å². The third-order valence-electron chi connectivity index (χ3n) is 3.00. The number of hydrogen-bond acceptors (Lipinski definition) is 3. The van der Waals surface area contributed by atoms with Gasteiger partial charge < -0.3 is 15.2 Å². The molecule has 0 saturated heterocycles. The predicted octanol–water partition coefficient (Wildman–Crippen LogP) is 2.11. The molecule has 2 rings (SSSR count). The summed E-state index contributed by atoms with van der Waals surface area (Å²) >= 11 is 0. The highest BCUT2D eigenvalue weighted by molar-refractivity contribution is 5.85. The second kappa shape index (κ2) is 6.50. The highest BCUT2D eigenvalue weighted by Crippen LogP contribution is 2.23. The molecule has 0 amide bonds. The summed E-state index contributed by atoms with van der Waals surface area (Å²) in [6.45, 7) is 1.94. The molecule has 1 atom stereocenters. The Morgan fingerprint density at radius 3 is 2.78 bits per heavy atom. The van der Waals surface area contributed by atoms with Crippen LogP contribution in [0, 0.1) is 0 Å². The summed E-state index contributed by atoms with van der Waals surface area (Å²) in [7, 11) is 1.67. The van der Waals surface area contributed by atoms with Crippen molar-refractivity contribution in [2.24, 2.45) is 0 Å². The summed E-state index contributed by atoms with van der Waals surface area (Å²) in [5.74, 6) is 0. The molecular formula is C15H19NO2. The Labute approximate surface area is 107 Å². The van der Waals surface area contributed by atoms with Crippen LogP contribution < -0.4 is 5.32 Å². The number of nitrogens with one attached hydrogen (secondary N) is 1. The van der Waals surface area contributed by atoms with Gasteiger partial charge in [-0.3, -0.25) is 0 Å². The number of ether oxygens (including phenoxy) is 1. The fourth-order valence-electron chi connectivity index (χ4n) is 2.06. The summed E-state index contributed by atoms with van der Waals surface area (Å²) in [6, 6.07) is 14.1. The van der Waals surface area contributed by atoms with Crippen LogP contribution in [-0.2, 0) is 4.74 Å². The van der Waals surface area contributed by atoms with Crippen LogP contribution in [0.15, 0.2) is 42.5 Å². The van der Waals surface area contributed by atoms with Crippen LogP contribution in [0.4, 0.5) is 0 Å². The number of aliphatic hydroxyl groups excluding tert-OH is 1. The first-order valence-corrected chi connectivity index (χ1v) is 6.18. The van der Waals surface area contributed by atoms with E-state index in [2.05, 4.69) is 17.4 Å². The Balaban J connectivity index is 2.10. The Hall–Kier alpha value is -1.42. The van der Waals surface area contributed by atoms with Gasteiger partial charge in [0.1, 0.15) is 0 Å². The second-order valence-electron chi connectivity index (χ2n) is 4.28. The normalized spacial score (nSPS) is 12.8. The Bertz CT molecular complexity index is 493. The first-order valence-electron chi connectivity index (χ1n) is 6.18. The molecule has 18 heavy (non-hydrogen) atoms. The maximum absolute atomic E-state index is 10.2. The lowest BCUT2D eigenvalue weighted by atomic mass is 10.0. The van der Waals surface area contributed by atoms with E-state index < -0.39 is 6.10 Å². The van der Waals surface area contributed by atoms with Crippen molar-refractivity contribution in [3.63, 3.8) is 0 Å². The number of rotatable bonds is 6. The van der Waals surface area contributed by atoms with Gasteiger partial charge in [-0.15, -0.1) is 0 Å². The zero-order chi connectivity index (χ0) is 12.8. The fraction of sp³-hybridized carbons (Fsp3) is 0.333. The molecule has 96 valence electrons. The summed E-state index contributed by atoms with van der Waals surface area (Å²) in [5.41, 5.74) is 0.970. The SMILES string of the molecule is COCCNCC(O)c1cccc2ccccc12. The van der Waals surface area contributed by atoms with Crippen molar-refractivity contribution >= 4 is 10.8 Å². The average Bonchev–Trinajstić information content (AvgIpc) is 2.43. The van der Waals surface area contributed by atoms with Crippen LogP contribution in [0.3, 0.4) is 0 Å². The van der Waals surface area contributed by atoms with E-state index in [0.717, 1.165) is 22.9 Å². The van der Waals surface area contributed by atoms with Gasteiger partial charge in [0.25, 0.3) is 0 Å². The molecule has 0 saturated carbocycles. The molecular weight excluding hydrogens is 226 g/mol. The van der Waals surface area contributed by atoms with E-state index >= 15 is 0 Å². The monoisotopic (exact) mass is 245 g/mol. The summed E-state index contributed by atoms with van der Waals surface area (Å²) in [4.78, 5) is 0. The van der Waals surface area contributed by atoms with Gasteiger partial charge in [-0.2, -0.15) is 0 Å². The van der Waals surface area contributed by atoms with Crippen LogP contribution in [0.2, 0.25) is 0 Å². The number of hydrogen-bond donors (Lipinski definition) is 2. The molecule has 2 N–H and O–H groups in total. The Morgan fingerprint density at radius 1 is 1.17 bits per heavy atom. The summed E-state index contributed by atoms with van der Waals surface area (Å²) < 4.78 is 4.96. The molecule has 0 fully saturated rings. The van der Waals surface area contributed by atoms with Crippen molar-refractivity contribution in [2.45, 2.75) is 6.10 Å². The lowest BCUT2D eigenvalue weighted by Gasteiger charge is -2.14. The van der Waals surface area contributed by atoms with E-state index in [4.69, 9.17) is 4.74 Å². The average molecular weight is 245 g/mol. The van der Waals surface area contributed by atoms with Gasteiger partial charge in [-0.25, -0.2) is 0 Å². The zero-order valence-electron chi connectivity index (χ0n) is 10.6. The van der Waals surface area contributed by atoms with Crippen LogP contribution in [0.25, 0.3) is 10.8 Å². The fourth-order valence-corrected chi connectivity index (χ4v) is 2.06. The van der Waals surface area contributed by atoms with Crippen LogP contribution in [0.1, 0.15) is 11.7 Å². The quantitative estimate of drug-likeness (QED) is 0.766. The van der Waals surface area contributed by atoms with Gasteiger partial charge in [-0.05, 0) is 16.3 Å². The zero-order valence-corrected chi connectivity index (χ0v) is 10.6. The van der Waals surface area contributed by atoms with Crippen LogP contribution in [-0.4, -0.2) is 31.9 Å². The standard InChI is InChI=1S/C15H19NO2/c1-18-10-9-16-11-15(17)14-8-4-6-12-5-2-3-7-13(12)14/h2-8,15-17H,9-11H2,1H3. The van der Waals surface area contributed by atoms with Crippen molar-refractivity contribution in [1.29, 1.82) is 0 Å². The van der Waals surface area contributed by atoms with E-state index in [1.807, 2.05) is 30.3 Å². The van der Waals surface area contributed by atoms with E-state index in [0.29, 0.717) is 13.2 Å². The van der Waals surface area contributed by atoms with Gasteiger partial charge in [0, 0.05) is 20.2 Å². The number of benzene rings is 2. The van der Waals surface area contributed by atoms with Gasteiger partial charge in [0.15, 0.2) is 0 Å². The molecule has 2 aromatic carbocycles. The molecule has 0 heterocycles. The smallest absolute Gasteiger partial charge is 0.0920 e. The molecule has 2 aromatic rings. The number of fused-ring (bicyclic) bond motifs is 1. The maximum Gasteiger partial charge on any atom is 0.0920 e. The van der Waals surface area contributed by atoms with Crippen molar-refractivity contribution in [1.82, 2.24) is 5.32 Å². The molecule has 3 heteroatoms. The van der Waals surface area contributed by atoms with Crippen LogP contribution >= 0.6 is 0 Å². The van der Waals surface area contributed by atoms with Gasteiger partial charge in [0.2, 0.25) is 0 Å². The molecule has 0 aliphatic rings. The van der Waals surface area contributed by atoms with Crippen molar-refractivity contribution < 1.29 is 9.84 Å². The predicted molar refractivity (Wildman–Crippen MR) is 73.7 cm³/mol. The maximum atomic E-state index is 10.2. The number of aliphatic hydroxyl groups is 1. The third-order valence-corrected chi connectivity index (χ3v) is 3.00. The van der Waals surface area contributed by atoms with E-state index in [9.17, 15) is 5.11 Å². The molecule has 3 nitrogen and oxygen atoms in total. The van der Waals surface area contributed by atoms with E-state index in [-0.39, 0.29) is 0 Å². The minimum atomic E-state index is -0.493. The summed E-state index contributed by atoms with van der Waals surface area (Å²) in [6.07, 6.45) is -0.493. The van der Waals surface area contributed by atoms with Crippen molar-refractivity contribution in [3.05, 3.63) is 48.0 Å². The molecule has 0 bridgehead atoms. The molecule has 0 aliphatic heterocycles. The van der Waals surface area contributed by atoms with Gasteiger partial charge in [-0.1, -0.05) is 42.5 Å². The van der Waals surface area contributed by atoms with Gasteiger partial charge >= 0.3 is 0 Å². The number of methoxy groups -OCH3 is 1. The summed E-state index contributed by atoms with van der Waals surface area (Å²) in [5, 5.41) is 15.7. The molecule has 0 radical (unpaired) electrons. The minimum absolute atomic E-state index is 0.493. The first kappa shape index (κ1) is 13.0. The minimum Gasteiger partial charge on any atom is -0.387 e. The lowest BCUT2D eigenvalue weighted by Crippen LogP contribution is -2.25. The highest BCUT2D eigenvalue weighted by Gasteiger charge is 2.09. The van der Waals surface area contributed by atoms with Crippen molar-refractivity contribution in [2.75, 3.05) is 26.8 Å². The third kappa shape index (κ3) is 3.07. The van der Waals surface area contributed by atoms with E-state index in [1.165, 1.54) is 0 Å². The second-order valence-corrected chi connectivity index (χ2v) is 4.28. The van der Waals surface area contributed by atoms with E-state index in [1.54, 1.807) is 7.11 Å². The highest BCUT2D eigenvalue weighted by atomic mass is 16.5. The van der Waals surface area contributed by atoms with Crippen LogP contribution in [0.5, 0.6) is 0 Å². The lowest BCUT2D eigenvalue weighted by molar-refractivity contribution is 0.162. The largest absolute Gasteiger partial charge is 0.387 e. The topological polar surface area (TPSA) is 41.5 Å². The Kier molecular flexibility index (Phi) is 4.70. The molecule has 1 unspecified atom stereocenters. The molecule has 0 aliphatic carbocycles. The first-order chi connectivity index (χ1) is 8.83.